The summed E-state index contributed by atoms with van der Waals surface area (Å²) in [5.41, 5.74) is 3.34. The second-order valence-electron chi connectivity index (χ2n) is 6.94. The van der Waals surface area contributed by atoms with E-state index in [1.54, 1.807) is 0 Å². The average molecular weight is 372 g/mol. The van der Waals surface area contributed by atoms with Crippen LogP contribution in [0.5, 0.6) is 0 Å². The number of halogens is 1. The first-order valence-corrected chi connectivity index (χ1v) is 9.28. The zero-order chi connectivity index (χ0) is 18.1. The monoisotopic (exact) mass is 371 g/mol. The Morgan fingerprint density at radius 1 is 1.08 bits per heavy atom. The minimum Gasteiger partial charge on any atom is -0.394 e. The lowest BCUT2D eigenvalue weighted by atomic mass is 9.96. The molecule has 1 aliphatic rings. The minimum atomic E-state index is -0.442. The fraction of sp³-hybridized carbons (Fsp3) is 0.333. The van der Waals surface area contributed by atoms with Crippen molar-refractivity contribution in [3.8, 4) is 0 Å². The van der Waals surface area contributed by atoms with Gasteiger partial charge in [0.25, 0.3) is 0 Å². The average Bonchev–Trinajstić information content (AvgIpc) is 3.05. The standard InChI is InChI=1S/C21H22ClNO3/c22-17-5-1-14(2-6-17)12-23-8-7-15-3-4-16(9-20(15)23)21-11-18(25)10-19(13-24)26-21/h1-9,18-19,21,24-25H,10-13H2. The van der Waals surface area contributed by atoms with Crippen molar-refractivity contribution in [2.75, 3.05) is 6.61 Å². The van der Waals surface area contributed by atoms with Gasteiger partial charge in [0.2, 0.25) is 0 Å². The Bertz CT molecular complexity index is 890. The maximum atomic E-state index is 10.1. The minimum absolute atomic E-state index is 0.0667. The molecule has 26 heavy (non-hydrogen) atoms. The SMILES string of the molecule is OCC1CC(O)CC(c2ccc3ccn(Cc4ccc(Cl)cc4)c3c2)O1. The van der Waals surface area contributed by atoms with Gasteiger partial charge in [-0.25, -0.2) is 0 Å². The zero-order valence-electron chi connectivity index (χ0n) is 14.4. The first-order valence-electron chi connectivity index (χ1n) is 8.90. The van der Waals surface area contributed by atoms with Crippen molar-refractivity contribution in [2.45, 2.75) is 37.7 Å². The lowest BCUT2D eigenvalue weighted by Gasteiger charge is -2.32. The molecule has 2 heterocycles. The highest BCUT2D eigenvalue weighted by molar-refractivity contribution is 6.30. The van der Waals surface area contributed by atoms with Crippen LogP contribution in [0.15, 0.2) is 54.7 Å². The zero-order valence-corrected chi connectivity index (χ0v) is 15.1. The lowest BCUT2D eigenvalue weighted by Crippen LogP contribution is -2.33. The summed E-state index contributed by atoms with van der Waals surface area (Å²) < 4.78 is 8.15. The first kappa shape index (κ1) is 17.6. The fourth-order valence-electron chi connectivity index (χ4n) is 3.65. The molecule has 3 unspecified atom stereocenters. The summed E-state index contributed by atoms with van der Waals surface area (Å²) in [5.74, 6) is 0. The van der Waals surface area contributed by atoms with Crippen LogP contribution in [0.2, 0.25) is 5.02 Å². The number of aromatic nitrogens is 1. The van der Waals surface area contributed by atoms with Gasteiger partial charge in [-0.3, -0.25) is 0 Å². The second-order valence-corrected chi connectivity index (χ2v) is 7.38. The van der Waals surface area contributed by atoms with Crippen LogP contribution in [0.3, 0.4) is 0 Å². The largest absolute Gasteiger partial charge is 0.394 e. The van der Waals surface area contributed by atoms with Gasteiger partial charge in [0.15, 0.2) is 0 Å². The van der Waals surface area contributed by atoms with E-state index in [4.69, 9.17) is 16.3 Å². The van der Waals surface area contributed by atoms with E-state index in [-0.39, 0.29) is 18.8 Å². The predicted molar refractivity (Wildman–Crippen MR) is 102 cm³/mol. The molecule has 0 spiro atoms. The summed E-state index contributed by atoms with van der Waals surface area (Å²) in [6.07, 6.45) is 2.18. The summed E-state index contributed by atoms with van der Waals surface area (Å²) in [5, 5.41) is 21.4. The Morgan fingerprint density at radius 2 is 1.88 bits per heavy atom. The molecule has 2 N–H and O–H groups in total. The molecule has 5 heteroatoms. The highest BCUT2D eigenvalue weighted by Crippen LogP contribution is 2.33. The molecule has 0 aliphatic carbocycles. The number of rotatable bonds is 4. The van der Waals surface area contributed by atoms with E-state index in [0.29, 0.717) is 12.8 Å². The Balaban J connectivity index is 1.63. The van der Waals surface area contributed by atoms with Crippen LogP contribution in [0.4, 0.5) is 0 Å². The van der Waals surface area contributed by atoms with Crippen LogP contribution in [0, 0.1) is 0 Å². The van der Waals surface area contributed by atoms with Gasteiger partial charge >= 0.3 is 0 Å². The van der Waals surface area contributed by atoms with Gasteiger partial charge in [-0.2, -0.15) is 0 Å². The number of ether oxygens (including phenoxy) is 1. The van der Waals surface area contributed by atoms with E-state index in [1.807, 2.05) is 30.3 Å². The Labute approximate surface area is 157 Å². The molecule has 1 aliphatic heterocycles. The summed E-state index contributed by atoms with van der Waals surface area (Å²) in [4.78, 5) is 0. The maximum absolute atomic E-state index is 10.1. The van der Waals surface area contributed by atoms with E-state index in [2.05, 4.69) is 29.0 Å². The topological polar surface area (TPSA) is 54.6 Å². The Kier molecular flexibility index (Phi) is 5.00. The van der Waals surface area contributed by atoms with E-state index < -0.39 is 6.10 Å². The fourth-order valence-corrected chi connectivity index (χ4v) is 3.77. The molecule has 136 valence electrons. The van der Waals surface area contributed by atoms with E-state index in [1.165, 1.54) is 5.56 Å². The van der Waals surface area contributed by atoms with Gasteiger partial charge < -0.3 is 19.5 Å². The number of aliphatic hydroxyl groups excluding tert-OH is 2. The number of fused-ring (bicyclic) bond motifs is 1. The van der Waals surface area contributed by atoms with Gasteiger partial charge in [-0.1, -0.05) is 35.9 Å². The molecule has 0 bridgehead atoms. The molecule has 2 aromatic carbocycles. The van der Waals surface area contributed by atoms with Gasteiger partial charge in [0, 0.05) is 36.1 Å². The van der Waals surface area contributed by atoms with Crippen molar-refractivity contribution < 1.29 is 14.9 Å². The molecule has 4 rings (SSSR count). The van der Waals surface area contributed by atoms with E-state index >= 15 is 0 Å². The van der Waals surface area contributed by atoms with Crippen LogP contribution in [0.25, 0.3) is 10.9 Å². The van der Waals surface area contributed by atoms with Crippen molar-refractivity contribution in [1.82, 2.24) is 4.57 Å². The van der Waals surface area contributed by atoms with Gasteiger partial charge in [0.1, 0.15) is 0 Å². The maximum Gasteiger partial charge on any atom is 0.0855 e. The third-order valence-electron chi connectivity index (χ3n) is 5.02. The molecule has 0 radical (unpaired) electrons. The Morgan fingerprint density at radius 3 is 2.65 bits per heavy atom. The Hall–Kier alpha value is -1.85. The summed E-state index contributed by atoms with van der Waals surface area (Å²) >= 11 is 5.97. The third-order valence-corrected chi connectivity index (χ3v) is 5.27. The molecule has 0 saturated carbocycles. The van der Waals surface area contributed by atoms with E-state index in [9.17, 15) is 10.2 Å². The number of aliphatic hydroxyl groups is 2. The molecule has 3 atom stereocenters. The van der Waals surface area contributed by atoms with Crippen molar-refractivity contribution in [2.24, 2.45) is 0 Å². The number of benzene rings is 2. The first-order chi connectivity index (χ1) is 12.6. The summed E-state index contributed by atoms with van der Waals surface area (Å²) in [6, 6.07) is 16.2. The van der Waals surface area contributed by atoms with Crippen LogP contribution in [-0.4, -0.2) is 33.6 Å². The van der Waals surface area contributed by atoms with Gasteiger partial charge in [-0.05, 0) is 40.8 Å². The second kappa shape index (κ2) is 7.41. The summed E-state index contributed by atoms with van der Waals surface area (Å²) in [6.45, 7) is 0.695. The summed E-state index contributed by atoms with van der Waals surface area (Å²) in [7, 11) is 0. The van der Waals surface area contributed by atoms with Crippen LogP contribution < -0.4 is 0 Å². The lowest BCUT2D eigenvalue weighted by molar-refractivity contribution is -0.113. The quantitative estimate of drug-likeness (QED) is 0.731. The van der Waals surface area contributed by atoms with Gasteiger partial charge in [0.05, 0.1) is 24.9 Å². The molecular weight excluding hydrogens is 350 g/mol. The van der Waals surface area contributed by atoms with Crippen molar-refractivity contribution in [3.05, 3.63) is 70.9 Å². The molecule has 1 fully saturated rings. The highest BCUT2D eigenvalue weighted by Gasteiger charge is 2.29. The third kappa shape index (κ3) is 3.64. The molecule has 1 saturated heterocycles. The normalized spacial score (nSPS) is 23.4. The van der Waals surface area contributed by atoms with Crippen molar-refractivity contribution >= 4 is 22.5 Å². The smallest absolute Gasteiger partial charge is 0.0855 e. The van der Waals surface area contributed by atoms with Crippen LogP contribution >= 0.6 is 11.6 Å². The van der Waals surface area contributed by atoms with Crippen LogP contribution in [0.1, 0.15) is 30.1 Å². The molecule has 0 amide bonds. The molecule has 1 aromatic heterocycles. The van der Waals surface area contributed by atoms with E-state index in [0.717, 1.165) is 28.0 Å². The predicted octanol–water partition coefficient (Wildman–Crippen LogP) is 3.92. The van der Waals surface area contributed by atoms with Crippen molar-refractivity contribution in [1.29, 1.82) is 0 Å². The number of nitrogens with zero attached hydrogens (tertiary/aromatic N) is 1. The number of hydrogen-bond acceptors (Lipinski definition) is 3. The molecular formula is C21H22ClNO3. The highest BCUT2D eigenvalue weighted by atomic mass is 35.5. The number of hydrogen-bond donors (Lipinski definition) is 2. The molecule has 3 aromatic rings. The van der Waals surface area contributed by atoms with Gasteiger partial charge in [-0.15, -0.1) is 0 Å². The van der Waals surface area contributed by atoms with Crippen molar-refractivity contribution in [3.63, 3.8) is 0 Å². The molecule has 4 nitrogen and oxygen atoms in total. The van der Waals surface area contributed by atoms with Crippen LogP contribution in [-0.2, 0) is 11.3 Å².